The van der Waals surface area contributed by atoms with Crippen molar-refractivity contribution in [2.45, 2.75) is 0 Å². The standard InChI is InChI=1S/C29H20N2O4/c32-27(29(33)34)30-22-15-9-14-21(18-22)23-16-7-8-17-24(23)28-31-25(19-10-3-1-4-11-19)26(35-28)20-12-5-2-6-13-20/h1-18H,(H,30,32)(H,33,34). The lowest BCUT2D eigenvalue weighted by molar-refractivity contribution is -0.147. The van der Waals surface area contributed by atoms with Crippen molar-refractivity contribution in [2.24, 2.45) is 0 Å². The number of nitrogens with one attached hydrogen (secondary N) is 1. The minimum atomic E-state index is -1.54. The first-order chi connectivity index (χ1) is 17.1. The molecule has 1 aromatic heterocycles. The molecule has 0 radical (unpaired) electrons. The van der Waals surface area contributed by atoms with Gasteiger partial charge in [-0.25, -0.2) is 9.78 Å². The van der Waals surface area contributed by atoms with E-state index in [1.54, 1.807) is 18.2 Å². The summed E-state index contributed by atoms with van der Waals surface area (Å²) in [5.74, 6) is -1.51. The maximum Gasteiger partial charge on any atom is 0.394 e. The zero-order chi connectivity index (χ0) is 24.2. The Labute approximate surface area is 201 Å². The van der Waals surface area contributed by atoms with Crippen LogP contribution in [0.4, 0.5) is 5.69 Å². The maximum atomic E-state index is 11.6. The number of aromatic nitrogens is 1. The van der Waals surface area contributed by atoms with Crippen LogP contribution in [0.3, 0.4) is 0 Å². The van der Waals surface area contributed by atoms with Crippen molar-refractivity contribution < 1.29 is 19.1 Å². The summed E-state index contributed by atoms with van der Waals surface area (Å²) in [5.41, 5.74) is 5.37. The number of nitrogens with zero attached hydrogens (tertiary/aromatic N) is 1. The molecule has 0 aliphatic rings. The van der Waals surface area contributed by atoms with Crippen molar-refractivity contribution in [2.75, 3.05) is 5.32 Å². The third kappa shape index (κ3) is 4.58. The van der Waals surface area contributed by atoms with Crippen molar-refractivity contribution in [1.29, 1.82) is 0 Å². The lowest BCUT2D eigenvalue weighted by Gasteiger charge is -2.09. The van der Waals surface area contributed by atoms with E-state index in [0.717, 1.165) is 33.5 Å². The second kappa shape index (κ2) is 9.49. The molecular formula is C29H20N2O4. The van der Waals surface area contributed by atoms with Gasteiger partial charge in [0.05, 0.1) is 0 Å². The van der Waals surface area contributed by atoms with E-state index in [1.165, 1.54) is 0 Å². The number of carbonyl (C=O) groups is 2. The van der Waals surface area contributed by atoms with Crippen LogP contribution >= 0.6 is 0 Å². The fourth-order valence-electron chi connectivity index (χ4n) is 3.88. The van der Waals surface area contributed by atoms with Gasteiger partial charge in [-0.15, -0.1) is 0 Å². The van der Waals surface area contributed by atoms with Crippen molar-refractivity contribution in [1.82, 2.24) is 4.98 Å². The molecule has 0 saturated carbocycles. The number of amides is 1. The number of carboxylic acids is 1. The number of carboxylic acid groups (broad SMARTS) is 1. The molecule has 0 saturated heterocycles. The Morgan fingerprint density at radius 1 is 0.686 bits per heavy atom. The van der Waals surface area contributed by atoms with Gasteiger partial charge in [-0.2, -0.15) is 0 Å². The van der Waals surface area contributed by atoms with Crippen LogP contribution in [0.15, 0.2) is 114 Å². The highest BCUT2D eigenvalue weighted by Gasteiger charge is 2.20. The summed E-state index contributed by atoms with van der Waals surface area (Å²) in [6, 6.07) is 34.4. The van der Waals surface area contributed by atoms with Gasteiger partial charge in [-0.05, 0) is 29.3 Å². The highest BCUT2D eigenvalue weighted by atomic mass is 16.4. The Morgan fingerprint density at radius 3 is 1.97 bits per heavy atom. The number of hydrogen-bond donors (Lipinski definition) is 2. The number of anilines is 1. The van der Waals surface area contributed by atoms with Gasteiger partial charge in [0.25, 0.3) is 0 Å². The quantitative estimate of drug-likeness (QED) is 0.298. The molecule has 0 aliphatic heterocycles. The first-order valence-corrected chi connectivity index (χ1v) is 11.0. The Balaban J connectivity index is 1.62. The van der Waals surface area contributed by atoms with Crippen molar-refractivity contribution in [3.63, 3.8) is 0 Å². The van der Waals surface area contributed by atoms with Crippen LogP contribution in [0.5, 0.6) is 0 Å². The molecule has 0 spiro atoms. The van der Waals surface area contributed by atoms with Gasteiger partial charge in [0.2, 0.25) is 5.89 Å². The molecule has 6 nitrogen and oxygen atoms in total. The first-order valence-electron chi connectivity index (χ1n) is 11.0. The molecule has 2 N–H and O–H groups in total. The largest absolute Gasteiger partial charge is 0.474 e. The zero-order valence-corrected chi connectivity index (χ0v) is 18.5. The van der Waals surface area contributed by atoms with E-state index in [2.05, 4.69) is 5.32 Å². The number of hydrogen-bond acceptors (Lipinski definition) is 4. The van der Waals surface area contributed by atoms with E-state index in [1.807, 2.05) is 91.0 Å². The summed E-state index contributed by atoms with van der Waals surface area (Å²) in [5, 5.41) is 11.3. The van der Waals surface area contributed by atoms with Gasteiger partial charge < -0.3 is 14.8 Å². The molecule has 170 valence electrons. The number of oxazole rings is 1. The Kier molecular flexibility index (Phi) is 5.92. The molecule has 0 fully saturated rings. The van der Waals surface area contributed by atoms with Gasteiger partial charge in [0.1, 0.15) is 5.69 Å². The number of benzene rings is 4. The summed E-state index contributed by atoms with van der Waals surface area (Å²) in [4.78, 5) is 27.4. The molecule has 1 amide bonds. The lowest BCUT2D eigenvalue weighted by Crippen LogP contribution is -2.21. The number of rotatable bonds is 5. The van der Waals surface area contributed by atoms with Crippen LogP contribution in [0.2, 0.25) is 0 Å². The van der Waals surface area contributed by atoms with E-state index in [-0.39, 0.29) is 0 Å². The van der Waals surface area contributed by atoms with Crippen molar-refractivity contribution >= 4 is 17.6 Å². The minimum absolute atomic E-state index is 0.382. The van der Waals surface area contributed by atoms with Crippen LogP contribution in [0.25, 0.3) is 45.2 Å². The summed E-state index contributed by atoms with van der Waals surface area (Å²) >= 11 is 0. The first kappa shape index (κ1) is 21.9. The molecule has 5 aromatic rings. The maximum absolute atomic E-state index is 11.6. The summed E-state index contributed by atoms with van der Waals surface area (Å²) in [7, 11) is 0. The predicted molar refractivity (Wildman–Crippen MR) is 135 cm³/mol. The van der Waals surface area contributed by atoms with E-state index >= 15 is 0 Å². The fraction of sp³-hybridized carbons (Fsp3) is 0. The van der Waals surface area contributed by atoms with Gasteiger partial charge in [0, 0.05) is 22.4 Å². The predicted octanol–water partition coefficient (Wildman–Crippen LogP) is 6.37. The molecule has 35 heavy (non-hydrogen) atoms. The van der Waals surface area contributed by atoms with E-state index in [4.69, 9.17) is 14.5 Å². The highest BCUT2D eigenvalue weighted by Crippen LogP contribution is 2.39. The average Bonchev–Trinajstić information content (AvgIpc) is 3.35. The average molecular weight is 460 g/mol. The molecule has 4 aromatic carbocycles. The SMILES string of the molecule is O=C(O)C(=O)Nc1cccc(-c2ccccc2-c2nc(-c3ccccc3)c(-c3ccccc3)o2)c1. The van der Waals surface area contributed by atoms with E-state index < -0.39 is 11.9 Å². The van der Waals surface area contributed by atoms with Gasteiger partial charge >= 0.3 is 11.9 Å². The molecule has 6 heteroatoms. The van der Waals surface area contributed by atoms with Crippen molar-refractivity contribution in [3.8, 4) is 45.2 Å². The molecule has 0 bridgehead atoms. The number of carbonyl (C=O) groups excluding carboxylic acids is 1. The molecular weight excluding hydrogens is 440 g/mol. The van der Waals surface area contributed by atoms with Crippen LogP contribution < -0.4 is 5.32 Å². The minimum Gasteiger partial charge on any atom is -0.474 e. The summed E-state index contributed by atoms with van der Waals surface area (Å²) in [6.07, 6.45) is 0. The van der Waals surface area contributed by atoms with Gasteiger partial charge in [0.15, 0.2) is 5.76 Å². The molecule has 0 atom stereocenters. The molecule has 1 heterocycles. The van der Waals surface area contributed by atoms with Crippen LogP contribution in [0, 0.1) is 0 Å². The van der Waals surface area contributed by atoms with Crippen molar-refractivity contribution in [3.05, 3.63) is 109 Å². The highest BCUT2D eigenvalue weighted by molar-refractivity contribution is 6.36. The lowest BCUT2D eigenvalue weighted by atomic mass is 9.99. The smallest absolute Gasteiger partial charge is 0.394 e. The third-order valence-electron chi connectivity index (χ3n) is 5.49. The Morgan fingerprint density at radius 2 is 1.29 bits per heavy atom. The van der Waals surface area contributed by atoms with Crippen LogP contribution in [0.1, 0.15) is 0 Å². The summed E-state index contributed by atoms with van der Waals surface area (Å²) in [6.45, 7) is 0. The Hall–Kier alpha value is -4.97. The second-order valence-corrected chi connectivity index (χ2v) is 7.81. The van der Waals surface area contributed by atoms with Gasteiger partial charge in [-0.1, -0.05) is 91.0 Å². The fourth-order valence-corrected chi connectivity index (χ4v) is 3.88. The van der Waals surface area contributed by atoms with E-state index in [9.17, 15) is 9.59 Å². The van der Waals surface area contributed by atoms with Crippen LogP contribution in [-0.4, -0.2) is 22.0 Å². The zero-order valence-electron chi connectivity index (χ0n) is 18.5. The molecule has 0 unspecified atom stereocenters. The number of aliphatic carboxylic acids is 1. The topological polar surface area (TPSA) is 92.4 Å². The molecule has 0 aliphatic carbocycles. The normalized spacial score (nSPS) is 10.6. The Bertz CT molecular complexity index is 1450. The third-order valence-corrected chi connectivity index (χ3v) is 5.49. The van der Waals surface area contributed by atoms with Crippen LogP contribution in [-0.2, 0) is 9.59 Å². The van der Waals surface area contributed by atoms with Gasteiger partial charge in [-0.3, -0.25) is 4.79 Å². The monoisotopic (exact) mass is 460 g/mol. The second-order valence-electron chi connectivity index (χ2n) is 7.81. The molecule has 5 rings (SSSR count). The van der Waals surface area contributed by atoms with E-state index in [0.29, 0.717) is 17.3 Å². The summed E-state index contributed by atoms with van der Waals surface area (Å²) < 4.78 is 6.37.